The van der Waals surface area contributed by atoms with Crippen molar-refractivity contribution >= 4 is 22.6 Å². The lowest BCUT2D eigenvalue weighted by Gasteiger charge is -2.27. The molecule has 0 amide bonds. The molecule has 1 saturated carbocycles. The summed E-state index contributed by atoms with van der Waals surface area (Å²) in [4.78, 5) is 0. The van der Waals surface area contributed by atoms with Gasteiger partial charge >= 0.3 is 0 Å². The van der Waals surface area contributed by atoms with Crippen LogP contribution < -0.4 is 5.32 Å². The lowest BCUT2D eigenvalue weighted by atomic mass is 9.87. The lowest BCUT2D eigenvalue weighted by Crippen LogP contribution is -2.37. The first kappa shape index (κ1) is 13.0. The minimum absolute atomic E-state index is 0.381. The maximum absolute atomic E-state index is 6.22. The standard InChI is InChI=1S/C16H20ClNO/c1-16(2)9-5-8-14(16)18-10-12-11-6-3-4-7-13(11)19-15(12)17/h3-4,6-7,14,18H,5,8-10H2,1-2H3. The third-order valence-electron chi connectivity index (χ3n) is 4.43. The van der Waals surface area contributed by atoms with Crippen LogP contribution in [0, 0.1) is 5.41 Å². The number of hydrogen-bond donors (Lipinski definition) is 1. The molecule has 102 valence electrons. The van der Waals surface area contributed by atoms with E-state index in [1.807, 2.05) is 18.2 Å². The van der Waals surface area contributed by atoms with Crippen LogP contribution in [0.15, 0.2) is 28.7 Å². The van der Waals surface area contributed by atoms with Crippen molar-refractivity contribution in [2.75, 3.05) is 0 Å². The molecule has 1 aliphatic rings. The van der Waals surface area contributed by atoms with E-state index < -0.39 is 0 Å². The van der Waals surface area contributed by atoms with E-state index in [4.69, 9.17) is 16.0 Å². The number of benzene rings is 1. The fourth-order valence-electron chi connectivity index (χ4n) is 3.16. The van der Waals surface area contributed by atoms with Crippen LogP contribution in [0.2, 0.25) is 5.22 Å². The number of fused-ring (bicyclic) bond motifs is 1. The highest BCUT2D eigenvalue weighted by Gasteiger charge is 2.34. The number of hydrogen-bond acceptors (Lipinski definition) is 2. The molecule has 1 unspecified atom stereocenters. The molecule has 1 aliphatic carbocycles. The predicted octanol–water partition coefficient (Wildman–Crippen LogP) is 4.75. The van der Waals surface area contributed by atoms with E-state index in [1.165, 1.54) is 19.3 Å². The van der Waals surface area contributed by atoms with Gasteiger partial charge in [-0.15, -0.1) is 0 Å². The SMILES string of the molecule is CC1(C)CCCC1NCc1c(Cl)oc2ccccc12. The zero-order valence-electron chi connectivity index (χ0n) is 11.5. The number of para-hydroxylation sites is 1. The van der Waals surface area contributed by atoms with Gasteiger partial charge in [-0.05, 0) is 35.9 Å². The smallest absolute Gasteiger partial charge is 0.199 e. The van der Waals surface area contributed by atoms with Crippen LogP contribution in [0.3, 0.4) is 0 Å². The van der Waals surface area contributed by atoms with Crippen LogP contribution in [-0.4, -0.2) is 6.04 Å². The molecule has 19 heavy (non-hydrogen) atoms. The zero-order chi connectivity index (χ0) is 13.5. The number of halogens is 1. The Morgan fingerprint density at radius 1 is 1.37 bits per heavy atom. The Morgan fingerprint density at radius 3 is 2.89 bits per heavy atom. The van der Waals surface area contributed by atoms with Crippen molar-refractivity contribution in [3.63, 3.8) is 0 Å². The quantitative estimate of drug-likeness (QED) is 0.875. The highest BCUT2D eigenvalue weighted by atomic mass is 35.5. The van der Waals surface area contributed by atoms with Crippen LogP contribution in [0.4, 0.5) is 0 Å². The Balaban J connectivity index is 1.80. The summed E-state index contributed by atoms with van der Waals surface area (Å²) in [5.74, 6) is 0. The molecule has 1 atom stereocenters. The fraction of sp³-hybridized carbons (Fsp3) is 0.500. The van der Waals surface area contributed by atoms with Crippen molar-refractivity contribution in [3.05, 3.63) is 35.0 Å². The van der Waals surface area contributed by atoms with E-state index in [0.717, 1.165) is 23.1 Å². The first-order chi connectivity index (χ1) is 9.08. The van der Waals surface area contributed by atoms with Crippen LogP contribution in [-0.2, 0) is 6.54 Å². The molecular formula is C16H20ClNO. The van der Waals surface area contributed by atoms with Gasteiger partial charge in [0, 0.05) is 23.5 Å². The molecule has 3 heteroatoms. The van der Waals surface area contributed by atoms with Crippen LogP contribution >= 0.6 is 11.6 Å². The minimum atomic E-state index is 0.381. The van der Waals surface area contributed by atoms with Gasteiger partial charge in [-0.25, -0.2) is 0 Å². The van der Waals surface area contributed by atoms with E-state index >= 15 is 0 Å². The molecular weight excluding hydrogens is 258 g/mol. The molecule has 1 aromatic heterocycles. The lowest BCUT2D eigenvalue weighted by molar-refractivity contribution is 0.282. The second kappa shape index (κ2) is 4.84. The summed E-state index contributed by atoms with van der Waals surface area (Å²) in [5, 5.41) is 5.30. The van der Waals surface area contributed by atoms with Crippen LogP contribution in [0.1, 0.15) is 38.7 Å². The molecule has 1 heterocycles. The summed E-state index contributed by atoms with van der Waals surface area (Å²) in [6.45, 7) is 5.46. The van der Waals surface area contributed by atoms with Gasteiger partial charge in [-0.3, -0.25) is 0 Å². The summed E-state index contributed by atoms with van der Waals surface area (Å²) in [7, 11) is 0. The van der Waals surface area contributed by atoms with Crippen molar-refractivity contribution in [1.29, 1.82) is 0 Å². The van der Waals surface area contributed by atoms with Gasteiger partial charge in [0.05, 0.1) is 0 Å². The van der Waals surface area contributed by atoms with Gasteiger partial charge in [0.25, 0.3) is 0 Å². The average molecular weight is 278 g/mol. The Hall–Kier alpha value is -0.990. The zero-order valence-corrected chi connectivity index (χ0v) is 12.3. The highest BCUT2D eigenvalue weighted by Crippen LogP contribution is 2.38. The Bertz CT molecular complexity index is 587. The van der Waals surface area contributed by atoms with E-state index in [9.17, 15) is 0 Å². The van der Waals surface area contributed by atoms with Crippen molar-refractivity contribution in [2.45, 2.75) is 45.7 Å². The molecule has 1 N–H and O–H groups in total. The first-order valence-electron chi connectivity index (χ1n) is 6.97. The van der Waals surface area contributed by atoms with Gasteiger partial charge in [0.1, 0.15) is 5.58 Å². The molecule has 3 rings (SSSR count). The maximum Gasteiger partial charge on any atom is 0.199 e. The molecule has 0 saturated heterocycles. The number of rotatable bonds is 3. The van der Waals surface area contributed by atoms with Gasteiger partial charge in [0.2, 0.25) is 0 Å². The largest absolute Gasteiger partial charge is 0.444 e. The Labute approximate surface area is 119 Å². The molecule has 1 fully saturated rings. The molecule has 2 nitrogen and oxygen atoms in total. The van der Waals surface area contributed by atoms with Gasteiger partial charge in [-0.1, -0.05) is 38.5 Å². The summed E-state index contributed by atoms with van der Waals surface area (Å²) in [5.41, 5.74) is 2.33. The number of nitrogens with one attached hydrogen (secondary N) is 1. The average Bonchev–Trinajstić information content (AvgIpc) is 2.86. The topological polar surface area (TPSA) is 25.2 Å². The molecule has 2 aromatic rings. The molecule has 0 radical (unpaired) electrons. The van der Waals surface area contributed by atoms with Gasteiger partial charge in [0.15, 0.2) is 5.22 Å². The first-order valence-corrected chi connectivity index (χ1v) is 7.35. The summed E-state index contributed by atoms with van der Waals surface area (Å²) < 4.78 is 5.59. The molecule has 0 bridgehead atoms. The monoisotopic (exact) mass is 277 g/mol. The molecule has 1 aromatic carbocycles. The molecule has 0 spiro atoms. The fourth-order valence-corrected chi connectivity index (χ4v) is 3.42. The van der Waals surface area contributed by atoms with Crippen molar-refractivity contribution in [3.8, 4) is 0 Å². The highest BCUT2D eigenvalue weighted by molar-refractivity contribution is 6.30. The summed E-state index contributed by atoms with van der Waals surface area (Å²) in [6, 6.07) is 8.60. The van der Waals surface area contributed by atoms with Crippen LogP contribution in [0.5, 0.6) is 0 Å². The Morgan fingerprint density at radius 2 is 2.16 bits per heavy atom. The van der Waals surface area contributed by atoms with E-state index in [-0.39, 0.29) is 0 Å². The minimum Gasteiger partial charge on any atom is -0.444 e. The number of furan rings is 1. The van der Waals surface area contributed by atoms with Crippen LogP contribution in [0.25, 0.3) is 11.0 Å². The van der Waals surface area contributed by atoms with Crippen molar-refractivity contribution in [1.82, 2.24) is 5.32 Å². The van der Waals surface area contributed by atoms with E-state index in [2.05, 4.69) is 25.2 Å². The summed E-state index contributed by atoms with van der Waals surface area (Å²) >= 11 is 6.22. The Kier molecular flexibility index (Phi) is 3.32. The molecule has 0 aliphatic heterocycles. The van der Waals surface area contributed by atoms with Gasteiger partial charge in [-0.2, -0.15) is 0 Å². The second-order valence-electron chi connectivity index (χ2n) is 6.16. The predicted molar refractivity (Wildman–Crippen MR) is 79.5 cm³/mol. The van der Waals surface area contributed by atoms with Crippen molar-refractivity contribution < 1.29 is 4.42 Å². The van der Waals surface area contributed by atoms with Crippen molar-refractivity contribution in [2.24, 2.45) is 5.41 Å². The normalized spacial score (nSPS) is 22.2. The second-order valence-corrected chi connectivity index (χ2v) is 6.51. The summed E-state index contributed by atoms with van der Waals surface area (Å²) in [6.07, 6.45) is 3.86. The third-order valence-corrected chi connectivity index (χ3v) is 4.74. The van der Waals surface area contributed by atoms with E-state index in [1.54, 1.807) is 0 Å². The maximum atomic E-state index is 6.22. The van der Waals surface area contributed by atoms with E-state index in [0.29, 0.717) is 16.7 Å². The van der Waals surface area contributed by atoms with Gasteiger partial charge < -0.3 is 9.73 Å². The third kappa shape index (κ3) is 2.39.